The monoisotopic (exact) mass is 333 g/mol. The summed E-state index contributed by atoms with van der Waals surface area (Å²) in [4.78, 5) is 30.7. The summed E-state index contributed by atoms with van der Waals surface area (Å²) >= 11 is 1.35. The van der Waals surface area contributed by atoms with Crippen LogP contribution in [0.3, 0.4) is 0 Å². The third-order valence-corrected chi connectivity index (χ3v) is 5.03. The Morgan fingerprint density at radius 2 is 2.26 bits per heavy atom. The van der Waals surface area contributed by atoms with E-state index in [1.165, 1.54) is 11.3 Å². The summed E-state index contributed by atoms with van der Waals surface area (Å²) < 4.78 is 0. The zero-order valence-corrected chi connectivity index (χ0v) is 13.4. The van der Waals surface area contributed by atoms with Gasteiger partial charge in [-0.15, -0.1) is 11.3 Å². The molecule has 122 valence electrons. The highest BCUT2D eigenvalue weighted by atomic mass is 32.1. The molecule has 3 rings (SSSR count). The first-order valence-electron chi connectivity index (χ1n) is 7.53. The van der Waals surface area contributed by atoms with Gasteiger partial charge in [-0.05, 0) is 31.4 Å². The molecule has 2 atom stereocenters. The molecular weight excluding hydrogens is 314 g/mol. The number of nitrogens with one attached hydrogen (secondary N) is 2. The highest BCUT2D eigenvalue weighted by Crippen LogP contribution is 2.32. The van der Waals surface area contributed by atoms with Crippen LogP contribution in [0.5, 0.6) is 0 Å². The van der Waals surface area contributed by atoms with Gasteiger partial charge in [-0.3, -0.25) is 9.59 Å². The number of anilines is 1. The van der Waals surface area contributed by atoms with Crippen molar-refractivity contribution in [2.45, 2.75) is 19.3 Å². The van der Waals surface area contributed by atoms with Gasteiger partial charge in [0.1, 0.15) is 5.69 Å². The molecule has 0 saturated heterocycles. The Hall–Kier alpha value is -2.19. The van der Waals surface area contributed by atoms with Crippen molar-refractivity contribution >= 4 is 28.3 Å². The van der Waals surface area contributed by atoms with Crippen molar-refractivity contribution in [1.82, 2.24) is 9.97 Å². The molecule has 0 unspecified atom stereocenters. The Kier molecular flexibility index (Phi) is 4.44. The summed E-state index contributed by atoms with van der Waals surface area (Å²) in [5.41, 5.74) is 12.7. The number of hydrogen-bond acceptors (Lipinski definition) is 5. The first-order chi connectivity index (χ1) is 11.1. The Morgan fingerprint density at radius 1 is 1.43 bits per heavy atom. The number of rotatable bonds is 5. The lowest BCUT2D eigenvalue weighted by Crippen LogP contribution is -2.29. The Bertz CT molecular complexity index is 723. The quantitative estimate of drug-likeness (QED) is 0.662. The fourth-order valence-electron chi connectivity index (χ4n) is 3.01. The molecule has 7 nitrogen and oxygen atoms in total. The summed E-state index contributed by atoms with van der Waals surface area (Å²) in [5.74, 6) is -0.293. The average molecular weight is 333 g/mol. The SMILES string of the molecule is NC[C@H]1CCC[C@H]1C(=O)Nc1nc(-c2c[nH]c(C(N)=O)c2)cs1. The van der Waals surface area contributed by atoms with Gasteiger partial charge in [0.15, 0.2) is 5.13 Å². The van der Waals surface area contributed by atoms with Gasteiger partial charge in [-0.2, -0.15) is 0 Å². The maximum atomic E-state index is 12.4. The lowest BCUT2D eigenvalue weighted by Gasteiger charge is -2.16. The summed E-state index contributed by atoms with van der Waals surface area (Å²) in [5, 5.41) is 5.26. The van der Waals surface area contributed by atoms with Crippen molar-refractivity contribution < 1.29 is 9.59 Å². The van der Waals surface area contributed by atoms with Gasteiger partial charge in [-0.1, -0.05) is 6.42 Å². The van der Waals surface area contributed by atoms with E-state index in [4.69, 9.17) is 11.5 Å². The molecule has 2 heterocycles. The minimum Gasteiger partial charge on any atom is -0.364 e. The summed E-state index contributed by atoms with van der Waals surface area (Å²) in [6.45, 7) is 0.542. The molecule has 1 aliphatic carbocycles. The van der Waals surface area contributed by atoms with Gasteiger partial charge in [0.2, 0.25) is 5.91 Å². The number of nitrogens with zero attached hydrogens (tertiary/aromatic N) is 1. The van der Waals surface area contributed by atoms with Crippen LogP contribution < -0.4 is 16.8 Å². The van der Waals surface area contributed by atoms with Crippen molar-refractivity contribution in [3.05, 3.63) is 23.3 Å². The van der Waals surface area contributed by atoms with Crippen LogP contribution in [0.25, 0.3) is 11.3 Å². The molecule has 2 aromatic heterocycles. The van der Waals surface area contributed by atoms with E-state index in [1.54, 1.807) is 12.3 Å². The molecule has 23 heavy (non-hydrogen) atoms. The van der Waals surface area contributed by atoms with E-state index in [9.17, 15) is 9.59 Å². The number of nitrogens with two attached hydrogens (primary N) is 2. The van der Waals surface area contributed by atoms with Crippen LogP contribution >= 0.6 is 11.3 Å². The topological polar surface area (TPSA) is 127 Å². The Morgan fingerprint density at radius 3 is 2.96 bits per heavy atom. The highest BCUT2D eigenvalue weighted by molar-refractivity contribution is 7.14. The van der Waals surface area contributed by atoms with Crippen LogP contribution in [0.15, 0.2) is 17.6 Å². The van der Waals surface area contributed by atoms with Crippen LogP contribution in [0.1, 0.15) is 29.8 Å². The van der Waals surface area contributed by atoms with Gasteiger partial charge in [0.25, 0.3) is 5.91 Å². The number of aromatic nitrogens is 2. The van der Waals surface area contributed by atoms with Crippen LogP contribution in [-0.2, 0) is 4.79 Å². The number of aromatic amines is 1. The third kappa shape index (κ3) is 3.27. The molecule has 6 N–H and O–H groups in total. The van der Waals surface area contributed by atoms with Crippen molar-refractivity contribution in [2.24, 2.45) is 23.3 Å². The second-order valence-corrected chi connectivity index (χ2v) is 6.58. The Labute approximate surface area is 137 Å². The minimum atomic E-state index is -0.519. The third-order valence-electron chi connectivity index (χ3n) is 4.28. The summed E-state index contributed by atoms with van der Waals surface area (Å²) in [6.07, 6.45) is 4.60. The van der Waals surface area contributed by atoms with Crippen LogP contribution in [0.2, 0.25) is 0 Å². The maximum Gasteiger partial charge on any atom is 0.265 e. The molecule has 0 spiro atoms. The van der Waals surface area contributed by atoms with Crippen molar-refractivity contribution in [1.29, 1.82) is 0 Å². The van der Waals surface area contributed by atoms with Crippen molar-refractivity contribution in [2.75, 3.05) is 11.9 Å². The second kappa shape index (κ2) is 6.51. The molecule has 2 aromatic rings. The highest BCUT2D eigenvalue weighted by Gasteiger charge is 2.32. The summed E-state index contributed by atoms with van der Waals surface area (Å²) in [6, 6.07) is 1.64. The van der Waals surface area contributed by atoms with E-state index in [-0.39, 0.29) is 17.7 Å². The predicted octanol–water partition coefficient (Wildman–Crippen LogP) is 1.55. The molecular formula is C15H19N5O2S. The first-order valence-corrected chi connectivity index (χ1v) is 8.41. The van der Waals surface area contributed by atoms with Crippen molar-refractivity contribution in [3.8, 4) is 11.3 Å². The first kappa shape index (κ1) is 15.7. The van der Waals surface area contributed by atoms with Crippen LogP contribution in [-0.4, -0.2) is 28.3 Å². The lowest BCUT2D eigenvalue weighted by molar-refractivity contribution is -0.120. The number of H-pyrrole nitrogens is 1. The lowest BCUT2D eigenvalue weighted by atomic mass is 9.95. The summed E-state index contributed by atoms with van der Waals surface area (Å²) in [7, 11) is 0. The van der Waals surface area contributed by atoms with E-state index in [1.807, 2.05) is 5.38 Å². The van der Waals surface area contributed by atoms with E-state index < -0.39 is 5.91 Å². The van der Waals surface area contributed by atoms with Crippen LogP contribution in [0.4, 0.5) is 5.13 Å². The minimum absolute atomic E-state index is 0.00857. The molecule has 2 amide bonds. The number of carbonyl (C=O) groups is 2. The number of amides is 2. The van der Waals surface area contributed by atoms with Gasteiger partial charge in [0, 0.05) is 23.1 Å². The van der Waals surface area contributed by atoms with Gasteiger partial charge < -0.3 is 21.8 Å². The normalized spacial score (nSPS) is 20.6. The molecule has 8 heteroatoms. The largest absolute Gasteiger partial charge is 0.364 e. The molecule has 1 saturated carbocycles. The molecule has 0 radical (unpaired) electrons. The zero-order chi connectivity index (χ0) is 16.4. The zero-order valence-electron chi connectivity index (χ0n) is 12.5. The number of hydrogen-bond donors (Lipinski definition) is 4. The van der Waals surface area contributed by atoms with E-state index in [0.717, 1.165) is 24.8 Å². The molecule has 0 bridgehead atoms. The van der Waals surface area contributed by atoms with E-state index in [0.29, 0.717) is 23.1 Å². The number of carbonyl (C=O) groups excluding carboxylic acids is 2. The van der Waals surface area contributed by atoms with Gasteiger partial charge >= 0.3 is 0 Å². The van der Waals surface area contributed by atoms with Crippen LogP contribution in [0, 0.1) is 11.8 Å². The number of thiazole rings is 1. The smallest absolute Gasteiger partial charge is 0.265 e. The maximum absolute atomic E-state index is 12.4. The molecule has 0 aromatic carbocycles. The molecule has 1 aliphatic rings. The van der Waals surface area contributed by atoms with E-state index in [2.05, 4.69) is 15.3 Å². The average Bonchev–Trinajstić information content (AvgIpc) is 3.26. The van der Waals surface area contributed by atoms with Gasteiger partial charge in [-0.25, -0.2) is 4.98 Å². The van der Waals surface area contributed by atoms with E-state index >= 15 is 0 Å². The fourth-order valence-corrected chi connectivity index (χ4v) is 3.73. The standard InChI is InChI=1S/C15H19N5O2S/c16-5-8-2-1-3-10(8)14(22)20-15-19-12(7-23-15)9-4-11(13(17)21)18-6-9/h4,6-8,10,18H,1-3,5,16H2,(H2,17,21)(H,19,20,22)/t8-,10-/m1/s1. The molecule has 1 fully saturated rings. The Balaban J connectivity index is 1.69. The van der Waals surface area contributed by atoms with Crippen molar-refractivity contribution in [3.63, 3.8) is 0 Å². The number of primary amides is 1. The fraction of sp³-hybridized carbons (Fsp3) is 0.400. The van der Waals surface area contributed by atoms with Gasteiger partial charge in [0.05, 0.1) is 5.69 Å². The molecule has 0 aliphatic heterocycles. The second-order valence-electron chi connectivity index (χ2n) is 5.73. The predicted molar refractivity (Wildman–Crippen MR) is 88.9 cm³/mol.